The number of rotatable bonds is 35. The monoisotopic (exact) mass is 901 g/mol. The minimum atomic E-state index is -5.59. The summed E-state index contributed by atoms with van der Waals surface area (Å²) in [5.74, 6) is -1.32. The average molecular weight is 902 g/mol. The number of carbonyl (C=O) groups excluding carboxylic acids is 2. The highest BCUT2D eigenvalue weighted by atomic mass is 31.2. The normalized spacial score (nSPS) is 23.0. The van der Waals surface area contributed by atoms with Crippen LogP contribution in [0.15, 0.2) is 0 Å². The zero-order valence-corrected chi connectivity index (χ0v) is 36.4. The van der Waals surface area contributed by atoms with Gasteiger partial charge in [0.05, 0.1) is 6.61 Å². The summed E-state index contributed by atoms with van der Waals surface area (Å²) in [4.78, 5) is 72.6. The van der Waals surface area contributed by atoms with Crippen molar-refractivity contribution in [3.63, 3.8) is 0 Å². The molecular weight excluding hydrogens is 831 g/mol. The van der Waals surface area contributed by atoms with Crippen LogP contribution >= 0.6 is 23.5 Å². The molecule has 0 spiro atoms. The van der Waals surface area contributed by atoms with Crippen molar-refractivity contribution in [2.45, 2.75) is 191 Å². The van der Waals surface area contributed by atoms with Crippen molar-refractivity contribution in [3.8, 4) is 0 Å². The van der Waals surface area contributed by atoms with Crippen molar-refractivity contribution >= 4 is 35.4 Å². The molecule has 58 heavy (non-hydrogen) atoms. The molecule has 0 amide bonds. The minimum Gasteiger partial charge on any atom is -0.462 e. The van der Waals surface area contributed by atoms with Gasteiger partial charge >= 0.3 is 35.4 Å². The van der Waals surface area contributed by atoms with Gasteiger partial charge in [-0.05, 0) is 25.8 Å². The van der Waals surface area contributed by atoms with Gasteiger partial charge in [-0.1, -0.05) is 116 Å². The number of aliphatic hydroxyl groups is 3. The Bertz CT molecular complexity index is 1270. The Labute approximate surface area is 341 Å². The van der Waals surface area contributed by atoms with Crippen LogP contribution in [0, 0.1) is 0 Å². The van der Waals surface area contributed by atoms with Crippen molar-refractivity contribution < 1.29 is 90.6 Å². The number of esters is 2. The van der Waals surface area contributed by atoms with E-state index < -0.39 is 91.3 Å². The predicted molar refractivity (Wildman–Crippen MR) is 210 cm³/mol. The van der Waals surface area contributed by atoms with Crippen molar-refractivity contribution in [3.05, 3.63) is 0 Å². The Hall–Kier alpha value is -0.890. The first kappa shape index (κ1) is 55.1. The molecular formula is C35H70NO19P3. The topological polar surface area (TPSA) is 329 Å². The van der Waals surface area contributed by atoms with E-state index in [0.29, 0.717) is 19.4 Å². The molecule has 1 saturated carbocycles. The molecule has 10 N–H and O–H groups in total. The van der Waals surface area contributed by atoms with Gasteiger partial charge in [-0.25, -0.2) is 13.7 Å². The maximum Gasteiger partial charge on any atom is 0.472 e. The Morgan fingerprint density at radius 2 is 0.931 bits per heavy atom. The van der Waals surface area contributed by atoms with Crippen molar-refractivity contribution in [1.29, 1.82) is 0 Å². The molecule has 0 heterocycles. The lowest BCUT2D eigenvalue weighted by Gasteiger charge is -2.44. The maximum atomic E-state index is 13.0. The third-order valence-electron chi connectivity index (χ3n) is 9.51. The minimum absolute atomic E-state index is 0.00206. The highest BCUT2D eigenvalue weighted by Crippen LogP contribution is 2.51. The second kappa shape index (κ2) is 30.2. The smallest absolute Gasteiger partial charge is 0.462 e. The molecule has 0 bridgehead atoms. The highest BCUT2D eigenvalue weighted by molar-refractivity contribution is 7.47. The predicted octanol–water partition coefficient (Wildman–Crippen LogP) is 4.56. The fourth-order valence-electron chi connectivity index (χ4n) is 6.42. The molecule has 1 fully saturated rings. The van der Waals surface area contributed by atoms with E-state index in [9.17, 15) is 63.1 Å². The first-order chi connectivity index (χ1) is 27.3. The SMILES string of the molecule is CCCCCCCCCCCCCCCC(=O)O[C@H](COC(=O)CCCCCCCCCN)COP(=O)(O)OC1C(O)[C@@H](OP(=O)(O)O)C(OP(=O)(O)O)[C@@H](O)[C@H]1O. The van der Waals surface area contributed by atoms with Crippen LogP contribution in [0.2, 0.25) is 0 Å². The number of hydrogen-bond acceptors (Lipinski definition) is 15. The summed E-state index contributed by atoms with van der Waals surface area (Å²) in [6.45, 7) is 1.35. The molecule has 0 aliphatic heterocycles. The maximum absolute atomic E-state index is 13.0. The molecule has 0 aromatic rings. The highest BCUT2D eigenvalue weighted by Gasteiger charge is 2.56. The summed E-state index contributed by atoms with van der Waals surface area (Å²) in [6.07, 6.45) is 4.26. The molecule has 20 nitrogen and oxygen atoms in total. The van der Waals surface area contributed by atoms with E-state index in [0.717, 1.165) is 70.6 Å². The van der Waals surface area contributed by atoms with E-state index >= 15 is 0 Å². The summed E-state index contributed by atoms with van der Waals surface area (Å²) < 4.78 is 65.0. The molecule has 4 unspecified atom stereocenters. The molecule has 8 atom stereocenters. The lowest BCUT2D eigenvalue weighted by Crippen LogP contribution is -2.65. The molecule has 0 aromatic heterocycles. The summed E-state index contributed by atoms with van der Waals surface area (Å²) in [7, 11) is -16.6. The van der Waals surface area contributed by atoms with E-state index in [1.807, 2.05) is 0 Å². The van der Waals surface area contributed by atoms with Gasteiger partial charge in [0.2, 0.25) is 0 Å². The van der Waals surface area contributed by atoms with Gasteiger partial charge in [-0.2, -0.15) is 0 Å². The molecule has 0 saturated heterocycles. The second-order valence-electron chi connectivity index (χ2n) is 14.7. The quantitative estimate of drug-likeness (QED) is 0.0239. The van der Waals surface area contributed by atoms with Crippen LogP contribution in [0.1, 0.15) is 148 Å². The lowest BCUT2D eigenvalue weighted by molar-refractivity contribution is -0.213. The van der Waals surface area contributed by atoms with Crippen LogP contribution in [-0.4, -0.2) is 114 Å². The van der Waals surface area contributed by atoms with Gasteiger partial charge in [-0.3, -0.25) is 27.7 Å². The van der Waals surface area contributed by atoms with E-state index in [1.54, 1.807) is 0 Å². The van der Waals surface area contributed by atoms with Crippen LogP contribution in [0.5, 0.6) is 0 Å². The van der Waals surface area contributed by atoms with Crippen LogP contribution < -0.4 is 5.73 Å². The fourth-order valence-corrected chi connectivity index (χ4v) is 8.51. The van der Waals surface area contributed by atoms with Gasteiger partial charge < -0.3 is 55.0 Å². The zero-order chi connectivity index (χ0) is 43.6. The Balaban J connectivity index is 2.80. The van der Waals surface area contributed by atoms with E-state index in [4.69, 9.17) is 24.3 Å². The van der Waals surface area contributed by atoms with Crippen molar-refractivity contribution in [2.75, 3.05) is 19.8 Å². The second-order valence-corrected chi connectivity index (χ2v) is 18.5. The lowest BCUT2D eigenvalue weighted by atomic mass is 9.85. The molecule has 1 rings (SSSR count). The first-order valence-electron chi connectivity index (χ1n) is 20.5. The number of ether oxygens (including phenoxy) is 2. The van der Waals surface area contributed by atoms with Gasteiger partial charge in [0.1, 0.15) is 43.2 Å². The molecule has 1 aliphatic carbocycles. The van der Waals surface area contributed by atoms with Crippen molar-refractivity contribution in [2.24, 2.45) is 5.73 Å². The third-order valence-corrected chi connectivity index (χ3v) is 11.5. The van der Waals surface area contributed by atoms with Crippen LogP contribution in [0.25, 0.3) is 0 Å². The summed E-state index contributed by atoms with van der Waals surface area (Å²) >= 11 is 0. The number of aliphatic hydroxyl groups excluding tert-OH is 3. The van der Waals surface area contributed by atoms with Gasteiger partial charge in [-0.15, -0.1) is 0 Å². The fraction of sp³-hybridized carbons (Fsp3) is 0.943. The standard InChI is InChI=1S/C35H70NO19P3/c1-2-3-4-5-6-7-8-9-10-11-13-17-20-23-29(38)52-27(25-50-28(37)22-19-16-14-12-15-18-21-24-36)26-51-58(48,49)55-33-30(39)31(40)34(53-56(42,43)44)35(32(33)41)54-57(45,46)47/h27,30-35,39-41H,2-26,36H2,1H3,(H,48,49)(H2,42,43,44)(H2,45,46,47)/t27-,30-,31+,32?,33?,34?,35-/m1/s1. The molecule has 23 heteroatoms. The largest absolute Gasteiger partial charge is 0.472 e. The Kier molecular flexibility index (Phi) is 28.7. The first-order valence-corrected chi connectivity index (χ1v) is 25.1. The van der Waals surface area contributed by atoms with Crippen LogP contribution in [-0.2, 0) is 50.9 Å². The summed E-state index contributed by atoms with van der Waals surface area (Å²) in [5, 5.41) is 31.7. The molecule has 1 aliphatic rings. The Morgan fingerprint density at radius 3 is 1.38 bits per heavy atom. The number of phosphoric acid groups is 3. The summed E-state index contributed by atoms with van der Waals surface area (Å²) in [5.41, 5.74) is 5.50. The van der Waals surface area contributed by atoms with E-state index in [1.165, 1.54) is 44.9 Å². The number of carbonyl (C=O) groups is 2. The van der Waals surface area contributed by atoms with Gasteiger partial charge in [0.15, 0.2) is 6.10 Å². The molecule has 0 radical (unpaired) electrons. The summed E-state index contributed by atoms with van der Waals surface area (Å²) in [6, 6.07) is 0. The number of nitrogens with two attached hydrogens (primary N) is 1. The number of unbranched alkanes of at least 4 members (excludes halogenated alkanes) is 18. The third kappa shape index (κ3) is 26.4. The van der Waals surface area contributed by atoms with Crippen LogP contribution in [0.3, 0.4) is 0 Å². The van der Waals surface area contributed by atoms with Gasteiger partial charge in [0.25, 0.3) is 0 Å². The van der Waals surface area contributed by atoms with Gasteiger partial charge in [0, 0.05) is 12.8 Å². The molecule has 344 valence electrons. The average Bonchev–Trinajstić information content (AvgIpc) is 3.14. The Morgan fingerprint density at radius 1 is 0.534 bits per heavy atom. The van der Waals surface area contributed by atoms with Crippen molar-refractivity contribution in [1.82, 2.24) is 0 Å². The van der Waals surface area contributed by atoms with E-state index in [2.05, 4.69) is 16.0 Å². The van der Waals surface area contributed by atoms with E-state index in [-0.39, 0.29) is 12.8 Å². The number of hydrogen-bond donors (Lipinski definition) is 9. The zero-order valence-electron chi connectivity index (χ0n) is 33.7. The van der Waals surface area contributed by atoms with Crippen LogP contribution in [0.4, 0.5) is 0 Å². The molecule has 0 aromatic carbocycles. The number of phosphoric ester groups is 3.